The highest BCUT2D eigenvalue weighted by molar-refractivity contribution is 5.93. The number of hydrogen-bond acceptors (Lipinski definition) is 5. The van der Waals surface area contributed by atoms with Crippen molar-refractivity contribution in [3.05, 3.63) is 59.9 Å². The van der Waals surface area contributed by atoms with Crippen LogP contribution in [-0.2, 0) is 0 Å². The Balaban J connectivity index is 1.17. The monoisotopic (exact) mass is 419 g/mol. The van der Waals surface area contributed by atoms with E-state index in [9.17, 15) is 4.39 Å². The summed E-state index contributed by atoms with van der Waals surface area (Å²) in [7, 11) is 0. The summed E-state index contributed by atoms with van der Waals surface area (Å²) in [4.78, 5) is 9.80. The van der Waals surface area contributed by atoms with E-state index < -0.39 is 0 Å². The van der Waals surface area contributed by atoms with Crippen LogP contribution < -0.4 is 9.47 Å². The molecule has 2 aromatic carbocycles. The third kappa shape index (κ3) is 3.16. The molecule has 0 radical (unpaired) electrons. The van der Waals surface area contributed by atoms with Crippen LogP contribution in [0.15, 0.2) is 47.0 Å². The molecular weight excluding hydrogens is 397 g/mol. The Hall–Kier alpha value is -3.32. The lowest BCUT2D eigenvalue weighted by molar-refractivity contribution is 0.0621. The van der Waals surface area contributed by atoms with Crippen LogP contribution in [0, 0.1) is 12.7 Å². The Morgan fingerprint density at radius 1 is 1.26 bits per heavy atom. The zero-order valence-corrected chi connectivity index (χ0v) is 17.2. The van der Waals surface area contributed by atoms with E-state index in [0.717, 1.165) is 42.5 Å². The molecule has 158 valence electrons. The fourth-order valence-corrected chi connectivity index (χ4v) is 4.55. The molecule has 0 aliphatic carbocycles. The van der Waals surface area contributed by atoms with Gasteiger partial charge in [-0.05, 0) is 30.2 Å². The predicted octanol–water partition coefficient (Wildman–Crippen LogP) is 4.69. The molecule has 1 N–H and O–H groups in total. The molecule has 4 heterocycles. The van der Waals surface area contributed by atoms with Gasteiger partial charge in [0.05, 0.1) is 5.52 Å². The Bertz CT molecular complexity index is 1320. The molecule has 6 nitrogen and oxygen atoms in total. The third-order valence-electron chi connectivity index (χ3n) is 6.06. The number of benzene rings is 2. The summed E-state index contributed by atoms with van der Waals surface area (Å²) in [6, 6.07) is 8.99. The van der Waals surface area contributed by atoms with Crippen molar-refractivity contribution in [2.75, 3.05) is 26.2 Å². The van der Waals surface area contributed by atoms with E-state index in [1.807, 2.05) is 31.3 Å². The molecule has 6 rings (SSSR count). The van der Waals surface area contributed by atoms with E-state index in [1.165, 1.54) is 11.6 Å². The minimum atomic E-state index is -0.215. The third-order valence-corrected chi connectivity index (χ3v) is 6.06. The van der Waals surface area contributed by atoms with Gasteiger partial charge >= 0.3 is 0 Å². The summed E-state index contributed by atoms with van der Waals surface area (Å²) in [6.07, 6.45) is 4.96. The number of aromatic amines is 1. The highest BCUT2D eigenvalue weighted by Crippen LogP contribution is 2.39. The summed E-state index contributed by atoms with van der Waals surface area (Å²) in [6.45, 7) is 4.81. The van der Waals surface area contributed by atoms with Gasteiger partial charge in [-0.1, -0.05) is 18.2 Å². The van der Waals surface area contributed by atoms with Gasteiger partial charge in [0.1, 0.15) is 24.0 Å². The van der Waals surface area contributed by atoms with Crippen LogP contribution in [0.4, 0.5) is 4.39 Å². The predicted molar refractivity (Wildman–Crippen MR) is 116 cm³/mol. The lowest BCUT2D eigenvalue weighted by Crippen LogP contribution is -2.42. The van der Waals surface area contributed by atoms with E-state index in [4.69, 9.17) is 13.9 Å². The molecule has 2 aliphatic rings. The maximum absolute atomic E-state index is 14.0. The summed E-state index contributed by atoms with van der Waals surface area (Å²) in [5.74, 6) is 1.74. The molecular formula is C24H22FN3O3. The van der Waals surface area contributed by atoms with Crippen molar-refractivity contribution < 1.29 is 18.3 Å². The number of hydrogen-bond donors (Lipinski definition) is 1. The van der Waals surface area contributed by atoms with Gasteiger partial charge in [0, 0.05) is 43.7 Å². The van der Waals surface area contributed by atoms with E-state index in [-0.39, 0.29) is 11.9 Å². The molecule has 7 heteroatoms. The second-order valence-electron chi connectivity index (χ2n) is 8.13. The number of oxazole rings is 1. The van der Waals surface area contributed by atoms with Crippen LogP contribution in [0.1, 0.15) is 17.9 Å². The maximum Gasteiger partial charge on any atom is 0.207 e. The van der Waals surface area contributed by atoms with Crippen molar-refractivity contribution in [2.24, 2.45) is 0 Å². The molecule has 0 amide bonds. The Labute approximate surface area is 178 Å². The van der Waals surface area contributed by atoms with Gasteiger partial charge in [0.2, 0.25) is 11.3 Å². The van der Waals surface area contributed by atoms with E-state index >= 15 is 0 Å². The van der Waals surface area contributed by atoms with Gasteiger partial charge in [0.15, 0.2) is 11.6 Å². The largest absolute Gasteiger partial charge is 0.486 e. The number of nitrogens with zero attached hydrogens (tertiary/aromatic N) is 2. The summed E-state index contributed by atoms with van der Waals surface area (Å²) in [5, 5.41) is 0.937. The van der Waals surface area contributed by atoms with Crippen LogP contribution in [0.2, 0.25) is 0 Å². The minimum absolute atomic E-state index is 0.0827. The molecule has 0 saturated heterocycles. The van der Waals surface area contributed by atoms with Gasteiger partial charge in [0.25, 0.3) is 0 Å². The highest BCUT2D eigenvalue weighted by Gasteiger charge is 2.28. The van der Waals surface area contributed by atoms with Crippen molar-refractivity contribution in [3.63, 3.8) is 0 Å². The van der Waals surface area contributed by atoms with Crippen molar-refractivity contribution in [2.45, 2.75) is 19.4 Å². The Kier molecular flexibility index (Phi) is 4.24. The molecule has 2 aromatic heterocycles. The Morgan fingerprint density at radius 3 is 3.06 bits per heavy atom. The zero-order chi connectivity index (χ0) is 20.9. The molecule has 0 saturated carbocycles. The number of fused-ring (bicyclic) bond motifs is 4. The first-order chi connectivity index (χ1) is 15.2. The number of rotatable bonds is 3. The van der Waals surface area contributed by atoms with E-state index in [2.05, 4.69) is 20.9 Å². The smallest absolute Gasteiger partial charge is 0.207 e. The fourth-order valence-electron chi connectivity index (χ4n) is 4.55. The van der Waals surface area contributed by atoms with Crippen LogP contribution in [0.3, 0.4) is 0 Å². The average Bonchev–Trinajstić information content (AvgIpc) is 3.38. The molecule has 0 bridgehead atoms. The first-order valence-corrected chi connectivity index (χ1v) is 10.5. The quantitative estimate of drug-likeness (QED) is 0.522. The minimum Gasteiger partial charge on any atom is -0.486 e. The molecule has 0 fully saturated rings. The number of nitrogens with one attached hydrogen (secondary N) is 1. The van der Waals surface area contributed by atoms with Gasteiger partial charge in [-0.15, -0.1) is 0 Å². The SMILES string of the molecule is Cc1nc2ccc3c(c2o1)OC(CN1CC=C(c2c[nH]c4c(F)cccc24)CC1)CO3. The standard InChI is InChI=1S/C24H22FN3O3/c1-14-27-20-5-6-21-24(23(20)30-14)31-16(13-29-21)12-28-9-7-15(8-10-28)18-11-26-22-17(18)3-2-4-19(22)25/h2-7,11,16,26H,8-10,12-13H2,1H3. The van der Waals surface area contributed by atoms with Gasteiger partial charge < -0.3 is 18.9 Å². The Morgan fingerprint density at radius 2 is 2.19 bits per heavy atom. The normalized spacial score (nSPS) is 19.2. The number of aryl methyl sites for hydroxylation is 1. The van der Waals surface area contributed by atoms with Crippen molar-refractivity contribution in [1.29, 1.82) is 0 Å². The fraction of sp³-hybridized carbons (Fsp3) is 0.292. The van der Waals surface area contributed by atoms with Crippen LogP contribution in [0.25, 0.3) is 27.6 Å². The number of ether oxygens (including phenoxy) is 2. The van der Waals surface area contributed by atoms with E-state index in [1.54, 1.807) is 6.07 Å². The summed E-state index contributed by atoms with van der Waals surface area (Å²) in [5.41, 5.74) is 4.33. The van der Waals surface area contributed by atoms with Gasteiger partial charge in [-0.3, -0.25) is 4.90 Å². The van der Waals surface area contributed by atoms with Crippen LogP contribution in [0.5, 0.6) is 11.5 Å². The molecule has 1 atom stereocenters. The number of aromatic nitrogens is 2. The number of halogens is 1. The molecule has 31 heavy (non-hydrogen) atoms. The first kappa shape index (κ1) is 18.4. The zero-order valence-electron chi connectivity index (χ0n) is 17.2. The molecule has 2 aliphatic heterocycles. The molecule has 0 spiro atoms. The van der Waals surface area contributed by atoms with Crippen molar-refractivity contribution >= 4 is 27.6 Å². The first-order valence-electron chi connectivity index (χ1n) is 10.5. The van der Waals surface area contributed by atoms with Gasteiger partial charge in [-0.25, -0.2) is 9.37 Å². The van der Waals surface area contributed by atoms with Crippen LogP contribution >= 0.6 is 0 Å². The second-order valence-corrected chi connectivity index (χ2v) is 8.13. The molecule has 1 unspecified atom stereocenters. The summed E-state index contributed by atoms with van der Waals surface area (Å²) < 4.78 is 31.9. The lowest BCUT2D eigenvalue weighted by atomic mass is 9.98. The van der Waals surface area contributed by atoms with E-state index in [0.29, 0.717) is 35.1 Å². The lowest BCUT2D eigenvalue weighted by Gasteiger charge is -2.32. The maximum atomic E-state index is 14.0. The number of H-pyrrole nitrogens is 1. The topological polar surface area (TPSA) is 63.5 Å². The second kappa shape index (κ2) is 7.13. The average molecular weight is 419 g/mol. The van der Waals surface area contributed by atoms with Crippen molar-refractivity contribution in [3.8, 4) is 11.5 Å². The highest BCUT2D eigenvalue weighted by atomic mass is 19.1. The van der Waals surface area contributed by atoms with Crippen molar-refractivity contribution in [1.82, 2.24) is 14.9 Å². The van der Waals surface area contributed by atoms with Crippen LogP contribution in [-0.4, -0.2) is 47.2 Å². The summed E-state index contributed by atoms with van der Waals surface area (Å²) >= 11 is 0. The van der Waals surface area contributed by atoms with Gasteiger partial charge in [-0.2, -0.15) is 0 Å². The molecule has 4 aromatic rings. The number of para-hydroxylation sites is 1.